The number of ether oxygens (including phenoxy) is 1. The Bertz CT molecular complexity index is 1230. The smallest absolute Gasteiger partial charge is 0.253 e. The minimum absolute atomic E-state index is 0.0173. The van der Waals surface area contributed by atoms with Crippen LogP contribution in [-0.2, 0) is 4.74 Å². The van der Waals surface area contributed by atoms with Gasteiger partial charge in [0.15, 0.2) is 0 Å². The summed E-state index contributed by atoms with van der Waals surface area (Å²) in [5.41, 5.74) is 3.09. The van der Waals surface area contributed by atoms with Crippen molar-refractivity contribution >= 4 is 17.5 Å². The zero-order valence-electron chi connectivity index (χ0n) is 20.5. The van der Waals surface area contributed by atoms with Crippen molar-refractivity contribution in [3.63, 3.8) is 0 Å². The first-order chi connectivity index (χ1) is 17.6. The number of hydrogen-bond donors (Lipinski definition) is 1. The molecule has 2 atom stereocenters. The second-order valence-corrected chi connectivity index (χ2v) is 9.55. The summed E-state index contributed by atoms with van der Waals surface area (Å²) in [5, 5.41) is 17.1. The van der Waals surface area contributed by atoms with Crippen LogP contribution in [0.2, 0.25) is 0 Å². The van der Waals surface area contributed by atoms with Crippen LogP contribution in [0.5, 0.6) is 0 Å². The van der Waals surface area contributed by atoms with Gasteiger partial charge in [-0.15, -0.1) is 0 Å². The SMILES string of the molecule is CO[C@H]1CCN(C(=O)c2ccc(Nc3nccc(-c4cnn(C(CC#N)C5CCCC5)c4)n3)cc2)C1. The van der Waals surface area contributed by atoms with E-state index < -0.39 is 0 Å². The number of anilines is 2. The van der Waals surface area contributed by atoms with Gasteiger partial charge in [0.1, 0.15) is 0 Å². The van der Waals surface area contributed by atoms with Gasteiger partial charge in [0.2, 0.25) is 5.95 Å². The van der Waals surface area contributed by atoms with Gasteiger partial charge in [-0.2, -0.15) is 10.4 Å². The van der Waals surface area contributed by atoms with Crippen molar-refractivity contribution in [2.45, 2.75) is 50.7 Å². The molecule has 1 saturated heterocycles. The summed E-state index contributed by atoms with van der Waals surface area (Å²) < 4.78 is 7.30. The Morgan fingerprint density at radius 1 is 1.22 bits per heavy atom. The molecule has 1 aliphatic heterocycles. The molecule has 9 heteroatoms. The van der Waals surface area contributed by atoms with E-state index in [1.807, 2.05) is 46.1 Å². The number of nitriles is 1. The van der Waals surface area contributed by atoms with E-state index in [-0.39, 0.29) is 18.1 Å². The lowest BCUT2D eigenvalue weighted by Crippen LogP contribution is -2.29. The highest BCUT2D eigenvalue weighted by Gasteiger charge is 2.28. The largest absolute Gasteiger partial charge is 0.380 e. The van der Waals surface area contributed by atoms with E-state index in [0.717, 1.165) is 36.2 Å². The van der Waals surface area contributed by atoms with Crippen molar-refractivity contribution in [2.24, 2.45) is 5.92 Å². The normalized spacial score (nSPS) is 18.8. The van der Waals surface area contributed by atoms with Gasteiger partial charge in [0.25, 0.3) is 5.91 Å². The zero-order chi connectivity index (χ0) is 24.9. The highest BCUT2D eigenvalue weighted by atomic mass is 16.5. The van der Waals surface area contributed by atoms with Crippen molar-refractivity contribution in [3.8, 4) is 17.3 Å². The molecule has 3 heterocycles. The zero-order valence-corrected chi connectivity index (χ0v) is 20.5. The Morgan fingerprint density at radius 3 is 2.75 bits per heavy atom. The van der Waals surface area contributed by atoms with Gasteiger partial charge < -0.3 is 15.0 Å². The van der Waals surface area contributed by atoms with E-state index in [9.17, 15) is 10.1 Å². The molecule has 0 bridgehead atoms. The number of rotatable bonds is 8. The lowest BCUT2D eigenvalue weighted by atomic mass is 9.96. The summed E-state index contributed by atoms with van der Waals surface area (Å²) in [7, 11) is 1.68. The molecule has 2 fully saturated rings. The average Bonchev–Trinajstić information content (AvgIpc) is 3.69. The van der Waals surface area contributed by atoms with Gasteiger partial charge >= 0.3 is 0 Å². The topological polar surface area (TPSA) is 109 Å². The van der Waals surface area contributed by atoms with E-state index >= 15 is 0 Å². The third kappa shape index (κ3) is 5.24. The van der Waals surface area contributed by atoms with Crippen molar-refractivity contribution < 1.29 is 9.53 Å². The van der Waals surface area contributed by atoms with E-state index in [1.165, 1.54) is 12.8 Å². The molecular weight excluding hydrogens is 454 g/mol. The lowest BCUT2D eigenvalue weighted by molar-refractivity contribution is 0.0724. The summed E-state index contributed by atoms with van der Waals surface area (Å²) in [6.45, 7) is 1.34. The summed E-state index contributed by atoms with van der Waals surface area (Å²) >= 11 is 0. The van der Waals surface area contributed by atoms with Gasteiger partial charge in [-0.25, -0.2) is 9.97 Å². The van der Waals surface area contributed by atoms with Gasteiger partial charge in [0, 0.05) is 49.4 Å². The van der Waals surface area contributed by atoms with Gasteiger partial charge in [-0.3, -0.25) is 9.48 Å². The Balaban J connectivity index is 1.26. The van der Waals surface area contributed by atoms with Gasteiger partial charge in [-0.05, 0) is 55.5 Å². The number of hydrogen-bond acceptors (Lipinski definition) is 7. The summed E-state index contributed by atoms with van der Waals surface area (Å²) in [4.78, 5) is 23.6. The van der Waals surface area contributed by atoms with Crippen molar-refractivity contribution in [3.05, 3.63) is 54.5 Å². The number of aromatic nitrogens is 4. The number of carbonyl (C=O) groups excluding carboxylic acids is 1. The van der Waals surface area contributed by atoms with Crippen molar-refractivity contribution in [1.82, 2.24) is 24.6 Å². The van der Waals surface area contributed by atoms with E-state index in [2.05, 4.69) is 26.5 Å². The monoisotopic (exact) mass is 485 g/mol. The van der Waals surface area contributed by atoms with Crippen LogP contribution in [0.3, 0.4) is 0 Å². The first-order valence-corrected chi connectivity index (χ1v) is 12.6. The molecule has 0 radical (unpaired) electrons. The third-order valence-corrected chi connectivity index (χ3v) is 7.29. The molecule has 5 rings (SSSR count). The van der Waals surface area contributed by atoms with Crippen LogP contribution in [0.4, 0.5) is 11.6 Å². The van der Waals surface area contributed by atoms with E-state index in [1.54, 1.807) is 19.5 Å². The maximum absolute atomic E-state index is 12.8. The number of amides is 1. The van der Waals surface area contributed by atoms with Gasteiger partial charge in [0.05, 0.1) is 36.5 Å². The van der Waals surface area contributed by atoms with Crippen LogP contribution in [0.1, 0.15) is 54.9 Å². The second-order valence-electron chi connectivity index (χ2n) is 9.55. The Labute approximate surface area is 211 Å². The summed E-state index contributed by atoms with van der Waals surface area (Å²) in [6, 6.07) is 11.6. The van der Waals surface area contributed by atoms with Crippen LogP contribution in [0, 0.1) is 17.2 Å². The Hall–Kier alpha value is -3.77. The van der Waals surface area contributed by atoms with E-state index in [4.69, 9.17) is 4.74 Å². The summed E-state index contributed by atoms with van der Waals surface area (Å²) in [5.74, 6) is 0.983. The molecule has 1 saturated carbocycles. The third-order valence-electron chi connectivity index (χ3n) is 7.29. The van der Waals surface area contributed by atoms with Gasteiger partial charge in [-0.1, -0.05) is 12.8 Å². The predicted molar refractivity (Wildman–Crippen MR) is 136 cm³/mol. The van der Waals surface area contributed by atoms with E-state index in [0.29, 0.717) is 36.9 Å². The average molecular weight is 486 g/mol. The molecule has 1 aliphatic carbocycles. The number of likely N-dealkylation sites (tertiary alicyclic amines) is 1. The fraction of sp³-hybridized carbons (Fsp3) is 0.444. The van der Waals surface area contributed by atoms with Crippen LogP contribution < -0.4 is 5.32 Å². The predicted octanol–water partition coefficient (Wildman–Crippen LogP) is 4.59. The first-order valence-electron chi connectivity index (χ1n) is 12.6. The second kappa shape index (κ2) is 10.9. The Morgan fingerprint density at radius 2 is 2.03 bits per heavy atom. The molecule has 0 spiro atoms. The number of nitrogens with one attached hydrogen (secondary N) is 1. The highest BCUT2D eigenvalue weighted by Crippen LogP contribution is 2.36. The molecule has 3 aromatic rings. The number of methoxy groups -OCH3 is 1. The fourth-order valence-corrected chi connectivity index (χ4v) is 5.26. The molecule has 186 valence electrons. The molecule has 2 aliphatic rings. The van der Waals surface area contributed by atoms with Crippen LogP contribution in [0.15, 0.2) is 48.9 Å². The number of benzene rings is 1. The van der Waals surface area contributed by atoms with Crippen molar-refractivity contribution in [2.75, 3.05) is 25.5 Å². The molecule has 2 aromatic heterocycles. The molecule has 36 heavy (non-hydrogen) atoms. The Kier molecular flexibility index (Phi) is 7.23. The summed E-state index contributed by atoms with van der Waals surface area (Å²) in [6.07, 6.45) is 11.7. The minimum atomic E-state index is 0.0173. The maximum Gasteiger partial charge on any atom is 0.253 e. The molecule has 1 N–H and O–H groups in total. The lowest BCUT2D eigenvalue weighted by Gasteiger charge is -2.21. The molecule has 9 nitrogen and oxygen atoms in total. The molecule has 1 aromatic carbocycles. The quantitative estimate of drug-likeness (QED) is 0.497. The van der Waals surface area contributed by atoms with Crippen LogP contribution in [0.25, 0.3) is 11.3 Å². The maximum atomic E-state index is 12.8. The molecule has 1 amide bonds. The van der Waals surface area contributed by atoms with Crippen LogP contribution >= 0.6 is 0 Å². The first kappa shape index (κ1) is 23.9. The fourth-order valence-electron chi connectivity index (χ4n) is 5.26. The number of nitrogens with zero attached hydrogens (tertiary/aromatic N) is 6. The molecule has 1 unspecified atom stereocenters. The highest BCUT2D eigenvalue weighted by molar-refractivity contribution is 5.94. The standard InChI is InChI=1S/C27H31N7O2/c1-36-23-12-15-33(18-23)26(35)20-6-8-22(9-7-20)31-27-29-14-11-24(32-27)21-16-30-34(17-21)25(10-13-28)19-4-2-3-5-19/h6-9,11,14,16-17,19,23,25H,2-5,10,12,15,18H2,1H3,(H,29,31,32)/t23-,25?/m0/s1. The number of carbonyl (C=O) groups is 1. The van der Waals surface area contributed by atoms with Crippen LogP contribution in [-0.4, -0.2) is 56.9 Å². The minimum Gasteiger partial charge on any atom is -0.380 e. The molecular formula is C27H31N7O2. The van der Waals surface area contributed by atoms with Crippen molar-refractivity contribution in [1.29, 1.82) is 5.26 Å².